The Kier molecular flexibility index (Phi) is 3.34. The minimum absolute atomic E-state index is 0.208. The molecule has 5 rings (SSSR count). The fourth-order valence-corrected chi connectivity index (χ4v) is 3.58. The highest BCUT2D eigenvalue weighted by Crippen LogP contribution is 2.34. The Hall–Kier alpha value is -3.53. The summed E-state index contributed by atoms with van der Waals surface area (Å²) in [7, 11) is 0. The first kappa shape index (κ1) is 15.7. The van der Waals surface area contributed by atoms with E-state index < -0.39 is 0 Å². The number of rotatable bonds is 1. The Morgan fingerprint density at radius 2 is 1.59 bits per heavy atom. The Labute approximate surface area is 156 Å². The molecule has 0 saturated heterocycles. The normalized spacial score (nSPS) is 13.8. The van der Waals surface area contributed by atoms with Gasteiger partial charge >= 0.3 is 0 Å². The predicted molar refractivity (Wildman–Crippen MR) is 109 cm³/mol. The highest BCUT2D eigenvalue weighted by molar-refractivity contribution is 6.15. The molecule has 0 atom stereocenters. The van der Waals surface area contributed by atoms with E-state index in [4.69, 9.17) is 4.99 Å². The van der Waals surface area contributed by atoms with E-state index >= 15 is 0 Å². The van der Waals surface area contributed by atoms with Crippen LogP contribution in [0.25, 0.3) is 22.3 Å². The molecule has 0 saturated carbocycles. The zero-order chi connectivity index (χ0) is 18.5. The summed E-state index contributed by atoms with van der Waals surface area (Å²) in [6, 6.07) is 21.9. The molecule has 0 N–H and O–H groups in total. The summed E-state index contributed by atoms with van der Waals surface area (Å²) in [5.41, 5.74) is 5.77. The van der Waals surface area contributed by atoms with Gasteiger partial charge in [0.05, 0.1) is 16.6 Å². The van der Waals surface area contributed by atoms with Crippen LogP contribution >= 0.6 is 0 Å². The van der Waals surface area contributed by atoms with Crippen LogP contribution in [0.1, 0.15) is 16.7 Å². The third kappa shape index (κ3) is 2.41. The lowest BCUT2D eigenvalue weighted by Crippen LogP contribution is -2.17. The van der Waals surface area contributed by atoms with E-state index in [1.165, 1.54) is 5.56 Å². The Morgan fingerprint density at radius 3 is 2.41 bits per heavy atom. The molecule has 1 aliphatic heterocycles. The van der Waals surface area contributed by atoms with Gasteiger partial charge in [-0.2, -0.15) is 4.98 Å². The van der Waals surface area contributed by atoms with Crippen molar-refractivity contribution in [2.45, 2.75) is 13.8 Å². The average Bonchev–Trinajstić information content (AvgIpc) is 2.97. The summed E-state index contributed by atoms with van der Waals surface area (Å²) in [6.45, 7) is 4.12. The van der Waals surface area contributed by atoms with Gasteiger partial charge in [0.2, 0.25) is 0 Å². The number of nitrogens with zero attached hydrogens (tertiary/aromatic N) is 3. The van der Waals surface area contributed by atoms with Crippen molar-refractivity contribution in [3.63, 3.8) is 0 Å². The maximum absolute atomic E-state index is 12.6. The lowest BCUT2D eigenvalue weighted by Gasteiger charge is -2.10. The van der Waals surface area contributed by atoms with Crippen LogP contribution in [0.3, 0.4) is 0 Å². The zero-order valence-corrected chi connectivity index (χ0v) is 15.1. The average molecular weight is 351 g/mol. The standard InChI is InChI=1S/C23H17N3O/c1-14-7-10-16(11-8-14)24-22-19-13-15(2)9-12-17(19)21-25-23(27)18-5-3-4-6-20(18)26(21)22/h3-13H,1-2H3. The maximum Gasteiger partial charge on any atom is 0.281 e. The van der Waals surface area contributed by atoms with Gasteiger partial charge in [0.15, 0.2) is 5.82 Å². The van der Waals surface area contributed by atoms with Crippen LogP contribution in [0.2, 0.25) is 0 Å². The van der Waals surface area contributed by atoms with Gasteiger partial charge < -0.3 is 0 Å². The van der Waals surface area contributed by atoms with Crippen molar-refractivity contribution in [1.82, 2.24) is 9.55 Å². The number of aryl methyl sites for hydroxylation is 2. The van der Waals surface area contributed by atoms with Gasteiger partial charge in [-0.3, -0.25) is 9.36 Å². The van der Waals surface area contributed by atoms with Crippen LogP contribution < -0.4 is 5.56 Å². The molecule has 0 unspecified atom stereocenters. The molecule has 0 amide bonds. The van der Waals surface area contributed by atoms with Crippen molar-refractivity contribution in [2.75, 3.05) is 0 Å². The predicted octanol–water partition coefficient (Wildman–Crippen LogP) is 4.62. The minimum atomic E-state index is -0.208. The zero-order valence-electron chi connectivity index (χ0n) is 15.1. The first-order valence-electron chi connectivity index (χ1n) is 8.91. The molecule has 0 spiro atoms. The third-order valence-electron chi connectivity index (χ3n) is 4.93. The van der Waals surface area contributed by atoms with Gasteiger partial charge in [-0.25, -0.2) is 4.99 Å². The maximum atomic E-state index is 12.6. The fraction of sp³-hybridized carbons (Fsp3) is 0.0870. The molecule has 27 heavy (non-hydrogen) atoms. The summed E-state index contributed by atoms with van der Waals surface area (Å²) in [6.07, 6.45) is 0. The van der Waals surface area contributed by atoms with Crippen LogP contribution in [-0.4, -0.2) is 15.4 Å². The molecule has 0 radical (unpaired) electrons. The first-order valence-corrected chi connectivity index (χ1v) is 8.91. The molecular formula is C23H17N3O. The van der Waals surface area contributed by atoms with Crippen molar-refractivity contribution in [2.24, 2.45) is 4.99 Å². The van der Waals surface area contributed by atoms with Crippen LogP contribution in [0.15, 0.2) is 76.5 Å². The molecule has 2 heterocycles. The van der Waals surface area contributed by atoms with Crippen LogP contribution in [-0.2, 0) is 0 Å². The summed E-state index contributed by atoms with van der Waals surface area (Å²) in [4.78, 5) is 21.9. The summed E-state index contributed by atoms with van der Waals surface area (Å²) < 4.78 is 2.00. The van der Waals surface area contributed by atoms with E-state index in [1.54, 1.807) is 0 Å². The second-order valence-corrected chi connectivity index (χ2v) is 6.91. The lowest BCUT2D eigenvalue weighted by atomic mass is 10.1. The largest absolute Gasteiger partial charge is 0.281 e. The molecule has 1 aromatic heterocycles. The second-order valence-electron chi connectivity index (χ2n) is 6.91. The van der Waals surface area contributed by atoms with Gasteiger partial charge in [-0.1, -0.05) is 47.5 Å². The summed E-state index contributed by atoms with van der Waals surface area (Å²) >= 11 is 0. The number of para-hydroxylation sites is 1. The van der Waals surface area contributed by atoms with E-state index in [1.807, 2.05) is 65.2 Å². The SMILES string of the molecule is Cc1ccc(N=C2c3cc(C)ccc3-c3nc(=O)c4ccccc4n32)cc1. The van der Waals surface area contributed by atoms with Crippen molar-refractivity contribution < 1.29 is 0 Å². The molecule has 4 nitrogen and oxygen atoms in total. The quantitative estimate of drug-likeness (QED) is 0.442. The van der Waals surface area contributed by atoms with E-state index in [2.05, 4.69) is 24.9 Å². The van der Waals surface area contributed by atoms with Crippen molar-refractivity contribution in [3.8, 4) is 11.4 Å². The number of aromatic nitrogens is 2. The highest BCUT2D eigenvalue weighted by atomic mass is 16.1. The molecular weight excluding hydrogens is 334 g/mol. The van der Waals surface area contributed by atoms with Crippen molar-refractivity contribution in [1.29, 1.82) is 0 Å². The number of fused-ring (bicyclic) bond motifs is 5. The topological polar surface area (TPSA) is 47.2 Å². The molecule has 1 aliphatic rings. The number of hydrogen-bond donors (Lipinski definition) is 0. The van der Waals surface area contributed by atoms with E-state index in [-0.39, 0.29) is 5.56 Å². The van der Waals surface area contributed by atoms with E-state index in [0.29, 0.717) is 11.2 Å². The monoisotopic (exact) mass is 351 g/mol. The van der Waals surface area contributed by atoms with E-state index in [9.17, 15) is 4.79 Å². The molecule has 0 aliphatic carbocycles. The molecule has 4 heteroatoms. The molecule has 130 valence electrons. The smallest absolute Gasteiger partial charge is 0.277 e. The molecule has 0 fully saturated rings. The van der Waals surface area contributed by atoms with E-state index in [0.717, 1.165) is 33.7 Å². The van der Waals surface area contributed by atoms with Gasteiger partial charge in [-0.15, -0.1) is 0 Å². The first-order chi connectivity index (χ1) is 13.1. The van der Waals surface area contributed by atoms with Crippen LogP contribution in [0.5, 0.6) is 0 Å². The van der Waals surface area contributed by atoms with Gasteiger partial charge in [-0.05, 0) is 44.2 Å². The summed E-state index contributed by atoms with van der Waals surface area (Å²) in [5, 5.41) is 0.599. The summed E-state index contributed by atoms with van der Waals surface area (Å²) in [5.74, 6) is 1.45. The van der Waals surface area contributed by atoms with Crippen LogP contribution in [0.4, 0.5) is 5.69 Å². The van der Waals surface area contributed by atoms with Crippen LogP contribution in [0, 0.1) is 13.8 Å². The molecule has 0 bridgehead atoms. The Bertz CT molecular complexity index is 1300. The van der Waals surface area contributed by atoms with Gasteiger partial charge in [0, 0.05) is 11.1 Å². The van der Waals surface area contributed by atoms with Gasteiger partial charge in [0.1, 0.15) is 5.84 Å². The van der Waals surface area contributed by atoms with Crippen molar-refractivity contribution in [3.05, 3.63) is 93.8 Å². The number of aliphatic imine (C=N–C) groups is 1. The number of hydrogen-bond acceptors (Lipinski definition) is 3. The number of benzene rings is 3. The third-order valence-corrected chi connectivity index (χ3v) is 4.93. The highest BCUT2D eigenvalue weighted by Gasteiger charge is 2.28. The Balaban J connectivity index is 1.89. The molecule has 3 aromatic carbocycles. The van der Waals surface area contributed by atoms with Crippen molar-refractivity contribution >= 4 is 22.4 Å². The molecule has 4 aromatic rings. The fourth-order valence-electron chi connectivity index (χ4n) is 3.58. The minimum Gasteiger partial charge on any atom is -0.277 e. The second kappa shape index (κ2) is 5.74. The Morgan fingerprint density at radius 1 is 0.852 bits per heavy atom. The van der Waals surface area contributed by atoms with Gasteiger partial charge in [0.25, 0.3) is 5.56 Å². The lowest BCUT2D eigenvalue weighted by molar-refractivity contribution is 1.10.